The van der Waals surface area contributed by atoms with Gasteiger partial charge in [0.05, 0.1) is 5.69 Å². The number of amides is 1. The second kappa shape index (κ2) is 8.36. The van der Waals surface area contributed by atoms with Crippen LogP contribution in [0.4, 0.5) is 0 Å². The largest absolute Gasteiger partial charge is 0.346 e. The first-order valence-electron chi connectivity index (χ1n) is 9.07. The second-order valence-electron chi connectivity index (χ2n) is 6.59. The molecule has 144 valence electrons. The van der Waals surface area contributed by atoms with Gasteiger partial charge in [-0.25, -0.2) is 4.68 Å². The number of pyridine rings is 1. The summed E-state index contributed by atoms with van der Waals surface area (Å²) in [5.41, 5.74) is 4.55. The maximum absolute atomic E-state index is 12.9. The van der Waals surface area contributed by atoms with Gasteiger partial charge >= 0.3 is 0 Å². The highest BCUT2D eigenvalue weighted by molar-refractivity contribution is 9.10. The molecular formula is C22H18BrN5O. The van der Waals surface area contributed by atoms with E-state index in [-0.39, 0.29) is 11.6 Å². The summed E-state index contributed by atoms with van der Waals surface area (Å²) in [6, 6.07) is 19.4. The van der Waals surface area contributed by atoms with Crippen LogP contribution in [0.5, 0.6) is 0 Å². The van der Waals surface area contributed by atoms with Crippen LogP contribution in [0.1, 0.15) is 21.6 Å². The van der Waals surface area contributed by atoms with Gasteiger partial charge in [0.2, 0.25) is 0 Å². The summed E-state index contributed by atoms with van der Waals surface area (Å²) in [7, 11) is 0. The van der Waals surface area contributed by atoms with Crippen molar-refractivity contribution in [1.82, 2.24) is 25.3 Å². The van der Waals surface area contributed by atoms with Gasteiger partial charge in [0.25, 0.3) is 5.91 Å². The Hall–Kier alpha value is -3.32. The normalized spacial score (nSPS) is 10.7. The lowest BCUT2D eigenvalue weighted by atomic mass is 10.1. The molecule has 0 fully saturated rings. The molecule has 0 aliphatic heterocycles. The van der Waals surface area contributed by atoms with E-state index >= 15 is 0 Å². The number of carbonyl (C=O) groups excluding carboxylic acids is 1. The molecule has 0 aliphatic rings. The third-order valence-corrected chi connectivity index (χ3v) is 4.90. The van der Waals surface area contributed by atoms with Crippen LogP contribution in [0.3, 0.4) is 0 Å². The molecule has 0 saturated heterocycles. The Kier molecular flexibility index (Phi) is 5.48. The van der Waals surface area contributed by atoms with Crippen molar-refractivity contribution in [3.8, 4) is 16.9 Å². The van der Waals surface area contributed by atoms with Crippen LogP contribution in [0.15, 0.2) is 77.5 Å². The van der Waals surface area contributed by atoms with Crippen molar-refractivity contribution < 1.29 is 4.79 Å². The number of aryl methyl sites for hydroxylation is 1. The lowest BCUT2D eigenvalue weighted by Gasteiger charge is -2.09. The fourth-order valence-electron chi connectivity index (χ4n) is 3.05. The first-order valence-corrected chi connectivity index (χ1v) is 9.87. The third kappa shape index (κ3) is 4.25. The second-order valence-corrected chi connectivity index (χ2v) is 7.51. The maximum atomic E-state index is 12.9. The Morgan fingerprint density at radius 1 is 1.10 bits per heavy atom. The average Bonchev–Trinajstić information content (AvgIpc) is 3.18. The maximum Gasteiger partial charge on any atom is 0.274 e. The van der Waals surface area contributed by atoms with Crippen LogP contribution in [0, 0.1) is 6.92 Å². The molecule has 7 heteroatoms. The number of nitrogens with zero attached hydrogens (tertiary/aromatic N) is 4. The van der Waals surface area contributed by atoms with Gasteiger partial charge in [-0.2, -0.15) is 0 Å². The molecule has 0 aliphatic carbocycles. The summed E-state index contributed by atoms with van der Waals surface area (Å²) in [6.45, 7) is 2.40. The summed E-state index contributed by atoms with van der Waals surface area (Å²) in [5, 5.41) is 11.4. The lowest BCUT2D eigenvalue weighted by molar-refractivity contribution is 0.0946. The number of hydrogen-bond acceptors (Lipinski definition) is 4. The van der Waals surface area contributed by atoms with E-state index in [1.54, 1.807) is 17.1 Å². The number of hydrogen-bond donors (Lipinski definition) is 1. The molecule has 2 heterocycles. The van der Waals surface area contributed by atoms with Gasteiger partial charge in [-0.05, 0) is 54.4 Å². The van der Waals surface area contributed by atoms with Crippen molar-refractivity contribution >= 4 is 21.8 Å². The Labute approximate surface area is 176 Å². The van der Waals surface area contributed by atoms with Crippen LogP contribution in [0.25, 0.3) is 16.9 Å². The highest BCUT2D eigenvalue weighted by atomic mass is 79.9. The standard InChI is InChI=1S/C22H18BrN5O/c1-15-5-2-9-19(11-15)28-21(17-7-4-10-24-14-17)20(26-27-28)22(29)25-13-16-6-3-8-18(23)12-16/h2-12,14H,13H2,1H3,(H,25,29). The van der Waals surface area contributed by atoms with Crippen LogP contribution >= 0.6 is 15.9 Å². The van der Waals surface area contributed by atoms with E-state index < -0.39 is 0 Å². The highest BCUT2D eigenvalue weighted by Crippen LogP contribution is 2.25. The zero-order chi connectivity index (χ0) is 20.2. The first kappa shape index (κ1) is 19.0. The van der Waals surface area contributed by atoms with Crippen LogP contribution in [-0.4, -0.2) is 25.9 Å². The smallest absolute Gasteiger partial charge is 0.274 e. The van der Waals surface area contributed by atoms with E-state index in [2.05, 4.69) is 36.5 Å². The molecule has 0 radical (unpaired) electrons. The highest BCUT2D eigenvalue weighted by Gasteiger charge is 2.22. The number of nitrogens with one attached hydrogen (secondary N) is 1. The number of benzene rings is 2. The van der Waals surface area contributed by atoms with Crippen molar-refractivity contribution in [2.45, 2.75) is 13.5 Å². The molecule has 29 heavy (non-hydrogen) atoms. The zero-order valence-electron chi connectivity index (χ0n) is 15.7. The van der Waals surface area contributed by atoms with E-state index in [4.69, 9.17) is 0 Å². The van der Waals surface area contributed by atoms with Gasteiger partial charge in [-0.1, -0.05) is 45.4 Å². The Morgan fingerprint density at radius 3 is 2.72 bits per heavy atom. The van der Waals surface area contributed by atoms with Gasteiger partial charge in [0.1, 0.15) is 5.69 Å². The van der Waals surface area contributed by atoms with E-state index in [1.165, 1.54) is 0 Å². The molecule has 0 saturated carbocycles. The molecule has 4 rings (SSSR count). The van der Waals surface area contributed by atoms with Crippen molar-refractivity contribution in [3.05, 3.63) is 94.4 Å². The van der Waals surface area contributed by atoms with Crippen molar-refractivity contribution in [3.63, 3.8) is 0 Å². The quantitative estimate of drug-likeness (QED) is 0.494. The minimum atomic E-state index is -0.289. The van der Waals surface area contributed by atoms with Crippen LogP contribution in [0.2, 0.25) is 0 Å². The molecule has 4 aromatic rings. The SMILES string of the molecule is Cc1cccc(-n2nnc(C(=O)NCc3cccc(Br)c3)c2-c2cccnc2)c1. The van der Waals surface area contributed by atoms with E-state index in [1.807, 2.05) is 67.6 Å². The van der Waals surface area contributed by atoms with Gasteiger partial charge in [-0.15, -0.1) is 5.10 Å². The fourth-order valence-corrected chi connectivity index (χ4v) is 3.50. The van der Waals surface area contributed by atoms with Crippen molar-refractivity contribution in [2.24, 2.45) is 0 Å². The Morgan fingerprint density at radius 2 is 1.97 bits per heavy atom. The van der Waals surface area contributed by atoms with E-state index in [0.717, 1.165) is 26.9 Å². The van der Waals surface area contributed by atoms with Crippen LogP contribution < -0.4 is 5.32 Å². The first-order chi connectivity index (χ1) is 14.1. The molecule has 0 unspecified atom stereocenters. The van der Waals surface area contributed by atoms with Crippen LogP contribution in [-0.2, 0) is 6.54 Å². The molecule has 1 N–H and O–H groups in total. The topological polar surface area (TPSA) is 72.7 Å². The third-order valence-electron chi connectivity index (χ3n) is 4.41. The summed E-state index contributed by atoms with van der Waals surface area (Å²) in [4.78, 5) is 17.1. The van der Waals surface area contributed by atoms with Crippen molar-refractivity contribution in [2.75, 3.05) is 0 Å². The Balaban J connectivity index is 1.70. The summed E-state index contributed by atoms with van der Waals surface area (Å²) in [5.74, 6) is -0.289. The van der Waals surface area contributed by atoms with E-state index in [0.29, 0.717) is 12.2 Å². The van der Waals surface area contributed by atoms with Gasteiger partial charge in [0, 0.05) is 29.0 Å². The molecule has 2 aromatic heterocycles. The average molecular weight is 448 g/mol. The number of aromatic nitrogens is 4. The van der Waals surface area contributed by atoms with Crippen molar-refractivity contribution in [1.29, 1.82) is 0 Å². The monoisotopic (exact) mass is 447 g/mol. The molecule has 0 bridgehead atoms. The molecule has 0 atom stereocenters. The lowest BCUT2D eigenvalue weighted by Crippen LogP contribution is -2.24. The number of rotatable bonds is 5. The van der Waals surface area contributed by atoms with Gasteiger partial charge in [0.15, 0.2) is 5.69 Å². The molecule has 6 nitrogen and oxygen atoms in total. The zero-order valence-corrected chi connectivity index (χ0v) is 17.3. The predicted octanol–water partition coefficient (Wildman–Crippen LogP) is 4.33. The summed E-state index contributed by atoms with van der Waals surface area (Å²) >= 11 is 3.45. The molecular weight excluding hydrogens is 430 g/mol. The van der Waals surface area contributed by atoms with Gasteiger partial charge in [-0.3, -0.25) is 9.78 Å². The minimum Gasteiger partial charge on any atom is -0.346 e. The molecule has 1 amide bonds. The summed E-state index contributed by atoms with van der Waals surface area (Å²) < 4.78 is 2.64. The summed E-state index contributed by atoms with van der Waals surface area (Å²) in [6.07, 6.45) is 3.40. The van der Waals surface area contributed by atoms with Gasteiger partial charge < -0.3 is 5.32 Å². The fraction of sp³-hybridized carbons (Fsp3) is 0.0909. The van der Waals surface area contributed by atoms with E-state index in [9.17, 15) is 4.79 Å². The molecule has 0 spiro atoms. The number of halogens is 1. The molecule has 2 aromatic carbocycles. The predicted molar refractivity (Wildman–Crippen MR) is 115 cm³/mol. The number of carbonyl (C=O) groups is 1. The minimum absolute atomic E-state index is 0.259. The Bertz CT molecular complexity index is 1160.